The van der Waals surface area contributed by atoms with E-state index in [4.69, 9.17) is 0 Å². The maximum absolute atomic E-state index is 4.34. The number of nitrogens with zero attached hydrogens (tertiary/aromatic N) is 1. The highest BCUT2D eigenvalue weighted by molar-refractivity contribution is 5.77. The topological polar surface area (TPSA) is 28.7 Å². The first-order chi connectivity index (χ1) is 7.39. The molecule has 0 fully saturated rings. The van der Waals surface area contributed by atoms with Crippen molar-refractivity contribution in [3.63, 3.8) is 0 Å². The number of rotatable bonds is 1. The number of aromatic amines is 1. The fraction of sp³-hybridized carbons (Fsp3) is 0.500. The predicted molar refractivity (Wildman–Crippen MR) is 68.9 cm³/mol. The van der Waals surface area contributed by atoms with E-state index in [2.05, 4.69) is 56.7 Å². The van der Waals surface area contributed by atoms with Crippen molar-refractivity contribution >= 4 is 11.0 Å². The molecule has 1 aromatic heterocycles. The highest BCUT2D eigenvalue weighted by Gasteiger charge is 2.20. The van der Waals surface area contributed by atoms with Gasteiger partial charge in [-0.2, -0.15) is 0 Å². The van der Waals surface area contributed by atoms with Crippen LogP contribution in [0.5, 0.6) is 0 Å². The normalized spacial score (nSPS) is 12.6. The molecule has 0 radical (unpaired) electrons. The monoisotopic (exact) mass is 216 g/mol. The van der Waals surface area contributed by atoms with Crippen molar-refractivity contribution < 1.29 is 0 Å². The van der Waals surface area contributed by atoms with Crippen LogP contribution in [0.15, 0.2) is 18.5 Å². The van der Waals surface area contributed by atoms with Gasteiger partial charge in [0, 0.05) is 0 Å². The van der Waals surface area contributed by atoms with Gasteiger partial charge in [0.1, 0.15) is 0 Å². The Kier molecular flexibility index (Phi) is 2.53. The summed E-state index contributed by atoms with van der Waals surface area (Å²) in [6.45, 7) is 11.3. The summed E-state index contributed by atoms with van der Waals surface area (Å²) >= 11 is 0. The molecule has 2 heteroatoms. The number of nitrogens with one attached hydrogen (secondary N) is 1. The van der Waals surface area contributed by atoms with E-state index in [-0.39, 0.29) is 5.41 Å². The molecule has 0 saturated carbocycles. The van der Waals surface area contributed by atoms with Gasteiger partial charge in [-0.05, 0) is 34.6 Å². The highest BCUT2D eigenvalue weighted by Crippen LogP contribution is 2.32. The molecule has 2 rings (SSSR count). The van der Waals surface area contributed by atoms with Crippen LogP contribution in [0.1, 0.15) is 51.7 Å². The summed E-state index contributed by atoms with van der Waals surface area (Å²) in [4.78, 5) is 7.52. The van der Waals surface area contributed by atoms with E-state index in [1.807, 2.05) is 0 Å². The third kappa shape index (κ3) is 1.84. The molecule has 0 saturated heterocycles. The number of imidazole rings is 1. The van der Waals surface area contributed by atoms with Gasteiger partial charge in [-0.3, -0.25) is 0 Å². The Morgan fingerprint density at radius 2 is 1.88 bits per heavy atom. The van der Waals surface area contributed by atoms with Gasteiger partial charge >= 0.3 is 0 Å². The van der Waals surface area contributed by atoms with Crippen LogP contribution in [0.4, 0.5) is 0 Å². The Hall–Kier alpha value is -1.31. The molecule has 2 aromatic rings. The zero-order valence-corrected chi connectivity index (χ0v) is 10.8. The average molecular weight is 216 g/mol. The Morgan fingerprint density at radius 3 is 2.44 bits per heavy atom. The summed E-state index contributed by atoms with van der Waals surface area (Å²) in [5.74, 6) is 0.543. The first-order valence-electron chi connectivity index (χ1n) is 5.87. The van der Waals surface area contributed by atoms with E-state index >= 15 is 0 Å². The summed E-state index contributed by atoms with van der Waals surface area (Å²) < 4.78 is 0. The summed E-state index contributed by atoms with van der Waals surface area (Å²) in [5, 5.41) is 0. The largest absolute Gasteiger partial charge is 0.345 e. The Balaban J connectivity index is 2.72. The lowest BCUT2D eigenvalue weighted by molar-refractivity contribution is 0.578. The molecular weight excluding hydrogens is 196 g/mol. The van der Waals surface area contributed by atoms with Gasteiger partial charge in [-0.25, -0.2) is 4.98 Å². The lowest BCUT2D eigenvalue weighted by Crippen LogP contribution is -2.15. The molecule has 1 heterocycles. The Morgan fingerprint density at radius 1 is 1.19 bits per heavy atom. The lowest BCUT2D eigenvalue weighted by Gasteiger charge is -2.24. The van der Waals surface area contributed by atoms with E-state index in [0.29, 0.717) is 5.92 Å². The molecule has 86 valence electrons. The van der Waals surface area contributed by atoms with E-state index in [1.165, 1.54) is 11.1 Å². The summed E-state index contributed by atoms with van der Waals surface area (Å²) in [6, 6.07) is 4.47. The molecule has 0 aliphatic heterocycles. The van der Waals surface area contributed by atoms with Gasteiger partial charge in [-0.15, -0.1) is 0 Å². The number of fused-ring (bicyclic) bond motifs is 1. The summed E-state index contributed by atoms with van der Waals surface area (Å²) in [7, 11) is 0. The van der Waals surface area contributed by atoms with Gasteiger partial charge in [0.15, 0.2) is 0 Å². The second-order valence-corrected chi connectivity index (χ2v) is 5.76. The zero-order chi connectivity index (χ0) is 11.9. The molecule has 0 amide bonds. The number of hydrogen-bond acceptors (Lipinski definition) is 1. The fourth-order valence-corrected chi connectivity index (χ4v) is 2.13. The third-order valence-corrected chi connectivity index (χ3v) is 3.02. The van der Waals surface area contributed by atoms with E-state index in [9.17, 15) is 0 Å². The van der Waals surface area contributed by atoms with Crippen LogP contribution in [0.2, 0.25) is 0 Å². The third-order valence-electron chi connectivity index (χ3n) is 3.02. The van der Waals surface area contributed by atoms with Gasteiger partial charge in [0.2, 0.25) is 0 Å². The van der Waals surface area contributed by atoms with Crippen molar-refractivity contribution in [2.24, 2.45) is 0 Å². The molecule has 0 aliphatic carbocycles. The van der Waals surface area contributed by atoms with Crippen molar-refractivity contribution in [1.82, 2.24) is 9.97 Å². The molecular formula is C14H20N2. The van der Waals surface area contributed by atoms with E-state index in [1.54, 1.807) is 6.33 Å². The number of hydrogen-bond donors (Lipinski definition) is 1. The van der Waals surface area contributed by atoms with Gasteiger partial charge < -0.3 is 4.98 Å². The fourth-order valence-electron chi connectivity index (χ4n) is 2.13. The minimum atomic E-state index is 0.173. The van der Waals surface area contributed by atoms with Crippen molar-refractivity contribution in [2.75, 3.05) is 0 Å². The summed E-state index contributed by atoms with van der Waals surface area (Å²) in [5.41, 5.74) is 5.20. The van der Waals surface area contributed by atoms with Crippen LogP contribution >= 0.6 is 0 Å². The second-order valence-electron chi connectivity index (χ2n) is 5.76. The van der Waals surface area contributed by atoms with E-state index < -0.39 is 0 Å². The number of H-pyrrole nitrogens is 1. The van der Waals surface area contributed by atoms with Crippen LogP contribution in [-0.4, -0.2) is 9.97 Å². The van der Waals surface area contributed by atoms with Gasteiger partial charge in [0.25, 0.3) is 0 Å². The maximum atomic E-state index is 4.34. The van der Waals surface area contributed by atoms with Crippen LogP contribution in [0.25, 0.3) is 11.0 Å². The minimum absolute atomic E-state index is 0.173. The lowest BCUT2D eigenvalue weighted by atomic mass is 9.80. The first-order valence-corrected chi connectivity index (χ1v) is 5.87. The molecule has 0 unspecified atom stereocenters. The average Bonchev–Trinajstić information content (AvgIpc) is 2.60. The quantitative estimate of drug-likeness (QED) is 0.767. The van der Waals surface area contributed by atoms with Crippen molar-refractivity contribution in [3.05, 3.63) is 29.6 Å². The molecule has 0 bridgehead atoms. The SMILES string of the molecule is CC(C)c1cc2[nH]cnc2cc1C(C)(C)C. The molecule has 2 nitrogen and oxygen atoms in total. The van der Waals surface area contributed by atoms with Gasteiger partial charge in [0.05, 0.1) is 17.4 Å². The molecule has 0 spiro atoms. The molecule has 0 atom stereocenters. The maximum Gasteiger partial charge on any atom is 0.0931 e. The Labute approximate surface area is 97.1 Å². The van der Waals surface area contributed by atoms with Crippen LogP contribution in [0, 0.1) is 0 Å². The second kappa shape index (κ2) is 3.62. The highest BCUT2D eigenvalue weighted by atomic mass is 14.9. The van der Waals surface area contributed by atoms with E-state index in [0.717, 1.165) is 11.0 Å². The molecule has 16 heavy (non-hydrogen) atoms. The molecule has 1 aromatic carbocycles. The zero-order valence-electron chi connectivity index (χ0n) is 10.8. The molecule has 1 N–H and O–H groups in total. The van der Waals surface area contributed by atoms with Crippen molar-refractivity contribution in [2.45, 2.75) is 46.0 Å². The molecule has 0 aliphatic rings. The van der Waals surface area contributed by atoms with Crippen LogP contribution < -0.4 is 0 Å². The van der Waals surface area contributed by atoms with Crippen molar-refractivity contribution in [1.29, 1.82) is 0 Å². The van der Waals surface area contributed by atoms with Crippen LogP contribution in [0.3, 0.4) is 0 Å². The Bertz CT molecular complexity index is 501. The smallest absolute Gasteiger partial charge is 0.0931 e. The number of aromatic nitrogens is 2. The first kappa shape index (κ1) is 11.2. The minimum Gasteiger partial charge on any atom is -0.345 e. The van der Waals surface area contributed by atoms with Gasteiger partial charge in [-0.1, -0.05) is 34.6 Å². The van der Waals surface area contributed by atoms with Crippen LogP contribution in [-0.2, 0) is 5.41 Å². The van der Waals surface area contributed by atoms with Crippen molar-refractivity contribution in [3.8, 4) is 0 Å². The number of benzene rings is 1. The predicted octanol–water partition coefficient (Wildman–Crippen LogP) is 3.98. The summed E-state index contributed by atoms with van der Waals surface area (Å²) in [6.07, 6.45) is 1.77. The standard InChI is InChI=1S/C14H20N2/c1-9(2)10-6-12-13(16-8-15-12)7-11(10)14(3,4)5/h6-9H,1-5H3,(H,15,16).